The van der Waals surface area contributed by atoms with Gasteiger partial charge in [-0.2, -0.15) is 13.2 Å². The van der Waals surface area contributed by atoms with Gasteiger partial charge < -0.3 is 10.3 Å². The summed E-state index contributed by atoms with van der Waals surface area (Å²) in [7, 11) is 0. The highest BCUT2D eigenvalue weighted by atomic mass is 19.4. The number of alkyl halides is 3. The minimum Gasteiger partial charge on any atom is -0.347 e. The zero-order chi connectivity index (χ0) is 19.1. The van der Waals surface area contributed by atoms with Crippen molar-refractivity contribution in [1.82, 2.24) is 4.57 Å². The minimum absolute atomic E-state index is 0.0582. The van der Waals surface area contributed by atoms with Gasteiger partial charge in [0.1, 0.15) is 5.82 Å². The highest BCUT2D eigenvalue weighted by molar-refractivity contribution is 5.89. The number of rotatable bonds is 4. The maximum atomic E-state index is 14.7. The molecule has 0 spiro atoms. The molecule has 0 bridgehead atoms. The van der Waals surface area contributed by atoms with Crippen molar-refractivity contribution in [2.75, 3.05) is 0 Å². The van der Waals surface area contributed by atoms with Gasteiger partial charge in [0.25, 0.3) is 0 Å². The molecule has 3 aromatic rings. The third-order valence-corrected chi connectivity index (χ3v) is 4.36. The van der Waals surface area contributed by atoms with Crippen LogP contribution in [-0.2, 0) is 19.3 Å². The summed E-state index contributed by atoms with van der Waals surface area (Å²) >= 11 is 0. The van der Waals surface area contributed by atoms with Crippen LogP contribution in [0.5, 0.6) is 0 Å². The van der Waals surface area contributed by atoms with Crippen molar-refractivity contribution in [1.29, 1.82) is 0 Å². The van der Waals surface area contributed by atoms with Crippen molar-refractivity contribution in [2.45, 2.75) is 33.1 Å². The molecule has 0 saturated heterocycles. The molecular weight excluding hydrogens is 344 g/mol. The Hall–Kier alpha value is -2.34. The SMILES string of the molecule is CC(C)Cn1cc(CN)c2cc(F)c(-c3ccccc3C(F)(F)F)cc21. The average molecular weight is 364 g/mol. The zero-order valence-corrected chi connectivity index (χ0v) is 14.6. The second-order valence-electron chi connectivity index (χ2n) is 6.80. The summed E-state index contributed by atoms with van der Waals surface area (Å²) in [5, 5.41) is 0.638. The van der Waals surface area contributed by atoms with Crippen molar-refractivity contribution in [3.63, 3.8) is 0 Å². The van der Waals surface area contributed by atoms with E-state index in [1.807, 2.05) is 24.6 Å². The number of nitrogens with zero attached hydrogens (tertiary/aromatic N) is 1. The Balaban J connectivity index is 2.27. The molecular formula is C20H20F4N2. The number of hydrogen-bond donors (Lipinski definition) is 1. The summed E-state index contributed by atoms with van der Waals surface area (Å²) in [6, 6.07) is 7.83. The van der Waals surface area contributed by atoms with Gasteiger partial charge in [0.05, 0.1) is 5.56 Å². The van der Waals surface area contributed by atoms with Gasteiger partial charge in [0.15, 0.2) is 0 Å². The standard InChI is InChI=1S/C20H20F4N2/c1-12(2)10-26-11-13(9-25)15-7-18(21)16(8-19(15)26)14-5-3-4-6-17(14)20(22,23)24/h3-8,11-12H,9-10,25H2,1-2H3. The molecule has 0 saturated carbocycles. The lowest BCUT2D eigenvalue weighted by Gasteiger charge is -2.14. The van der Waals surface area contributed by atoms with E-state index in [4.69, 9.17) is 5.73 Å². The first kappa shape index (κ1) is 18.5. The Morgan fingerprint density at radius 2 is 1.77 bits per heavy atom. The third-order valence-electron chi connectivity index (χ3n) is 4.36. The van der Waals surface area contributed by atoms with Gasteiger partial charge in [-0.3, -0.25) is 0 Å². The highest BCUT2D eigenvalue weighted by Crippen LogP contribution is 2.39. The molecule has 0 aliphatic heterocycles. The van der Waals surface area contributed by atoms with E-state index in [9.17, 15) is 17.6 Å². The van der Waals surface area contributed by atoms with Crippen molar-refractivity contribution in [3.05, 3.63) is 59.5 Å². The fourth-order valence-electron chi connectivity index (χ4n) is 3.26. The fraction of sp³-hybridized carbons (Fsp3) is 0.300. The van der Waals surface area contributed by atoms with Crippen LogP contribution in [0.2, 0.25) is 0 Å². The van der Waals surface area contributed by atoms with Gasteiger partial charge in [-0.15, -0.1) is 0 Å². The number of fused-ring (bicyclic) bond motifs is 1. The van der Waals surface area contributed by atoms with Gasteiger partial charge in [-0.25, -0.2) is 4.39 Å². The monoisotopic (exact) mass is 364 g/mol. The lowest BCUT2D eigenvalue weighted by atomic mass is 9.97. The van der Waals surface area contributed by atoms with Crippen molar-refractivity contribution < 1.29 is 17.6 Å². The van der Waals surface area contributed by atoms with Gasteiger partial charge in [0.2, 0.25) is 0 Å². The largest absolute Gasteiger partial charge is 0.417 e. The van der Waals surface area contributed by atoms with Gasteiger partial charge in [-0.05, 0) is 35.2 Å². The number of aromatic nitrogens is 1. The summed E-state index contributed by atoms with van der Waals surface area (Å²) in [4.78, 5) is 0. The molecule has 1 aromatic heterocycles. The Morgan fingerprint density at radius 1 is 1.08 bits per heavy atom. The average Bonchev–Trinajstić information content (AvgIpc) is 2.89. The van der Waals surface area contributed by atoms with E-state index in [1.54, 1.807) is 0 Å². The molecule has 0 unspecified atom stereocenters. The summed E-state index contributed by atoms with van der Waals surface area (Å²) in [6.07, 6.45) is -2.70. The number of nitrogens with two attached hydrogens (primary N) is 1. The van der Waals surface area contributed by atoms with Gasteiger partial charge >= 0.3 is 6.18 Å². The number of halogens is 4. The van der Waals surface area contributed by atoms with Crippen molar-refractivity contribution in [3.8, 4) is 11.1 Å². The highest BCUT2D eigenvalue weighted by Gasteiger charge is 2.34. The summed E-state index contributed by atoms with van der Waals surface area (Å²) in [5.74, 6) is -0.363. The Bertz CT molecular complexity index is 939. The Labute approximate surface area is 149 Å². The first-order valence-electron chi connectivity index (χ1n) is 8.40. The summed E-state index contributed by atoms with van der Waals surface area (Å²) in [5.41, 5.74) is 6.15. The van der Waals surface area contributed by atoms with Gasteiger partial charge in [0, 0.05) is 35.8 Å². The van der Waals surface area contributed by atoms with Crippen LogP contribution < -0.4 is 5.73 Å². The Morgan fingerprint density at radius 3 is 2.38 bits per heavy atom. The second-order valence-corrected chi connectivity index (χ2v) is 6.80. The fourth-order valence-corrected chi connectivity index (χ4v) is 3.26. The van der Waals surface area contributed by atoms with Gasteiger partial charge in [-0.1, -0.05) is 32.0 Å². The summed E-state index contributed by atoms with van der Waals surface area (Å²) < 4.78 is 56.7. The molecule has 0 aliphatic carbocycles. The van der Waals surface area contributed by atoms with E-state index in [-0.39, 0.29) is 17.7 Å². The first-order valence-corrected chi connectivity index (χ1v) is 8.40. The van der Waals surface area contributed by atoms with E-state index in [0.717, 1.165) is 11.6 Å². The van der Waals surface area contributed by atoms with Crippen LogP contribution in [0.15, 0.2) is 42.6 Å². The first-order chi connectivity index (χ1) is 12.2. The van der Waals surface area contributed by atoms with E-state index in [2.05, 4.69) is 0 Å². The molecule has 1 heterocycles. The van der Waals surface area contributed by atoms with E-state index in [0.29, 0.717) is 23.4 Å². The minimum atomic E-state index is -4.56. The van der Waals surface area contributed by atoms with Crippen LogP contribution in [0.3, 0.4) is 0 Å². The van der Waals surface area contributed by atoms with Crippen LogP contribution in [0.1, 0.15) is 25.0 Å². The van der Waals surface area contributed by atoms with Crippen LogP contribution in [0.4, 0.5) is 17.6 Å². The molecule has 0 atom stereocenters. The normalized spacial score (nSPS) is 12.3. The molecule has 2 nitrogen and oxygen atoms in total. The third kappa shape index (κ3) is 3.33. The molecule has 6 heteroatoms. The number of hydrogen-bond acceptors (Lipinski definition) is 1. The predicted octanol–water partition coefficient (Wildman–Crippen LogP) is 5.58. The molecule has 26 heavy (non-hydrogen) atoms. The molecule has 138 valence electrons. The Kier molecular flexibility index (Phi) is 4.80. The van der Waals surface area contributed by atoms with Crippen LogP contribution in [-0.4, -0.2) is 4.57 Å². The van der Waals surface area contributed by atoms with E-state index in [1.165, 1.54) is 30.3 Å². The van der Waals surface area contributed by atoms with Crippen LogP contribution >= 0.6 is 0 Å². The second kappa shape index (κ2) is 6.76. The smallest absolute Gasteiger partial charge is 0.347 e. The van der Waals surface area contributed by atoms with E-state index < -0.39 is 17.6 Å². The number of benzene rings is 2. The molecule has 2 aromatic carbocycles. The molecule has 0 amide bonds. The van der Waals surface area contributed by atoms with Crippen LogP contribution in [0.25, 0.3) is 22.0 Å². The van der Waals surface area contributed by atoms with E-state index >= 15 is 0 Å². The maximum absolute atomic E-state index is 14.7. The molecule has 3 rings (SSSR count). The molecule has 2 N–H and O–H groups in total. The van der Waals surface area contributed by atoms with Crippen molar-refractivity contribution in [2.24, 2.45) is 11.7 Å². The molecule has 0 aliphatic rings. The van der Waals surface area contributed by atoms with Crippen LogP contribution in [0, 0.1) is 11.7 Å². The molecule has 0 radical (unpaired) electrons. The molecule has 0 fully saturated rings. The maximum Gasteiger partial charge on any atom is 0.417 e. The summed E-state index contributed by atoms with van der Waals surface area (Å²) in [6.45, 7) is 4.98. The lowest BCUT2D eigenvalue weighted by Crippen LogP contribution is -2.07. The predicted molar refractivity (Wildman–Crippen MR) is 95.1 cm³/mol. The van der Waals surface area contributed by atoms with Crippen molar-refractivity contribution >= 4 is 10.9 Å². The topological polar surface area (TPSA) is 30.9 Å². The quantitative estimate of drug-likeness (QED) is 0.602. The lowest BCUT2D eigenvalue weighted by molar-refractivity contribution is -0.137. The zero-order valence-electron chi connectivity index (χ0n) is 14.6.